The van der Waals surface area contributed by atoms with E-state index in [9.17, 15) is 0 Å². The lowest BCUT2D eigenvalue weighted by molar-refractivity contribution is 0.0216. The molecular weight excluding hydrogens is 202 g/mol. The Hall–Kier alpha value is -0.160. The van der Waals surface area contributed by atoms with Gasteiger partial charge < -0.3 is 10.5 Å². The summed E-state index contributed by atoms with van der Waals surface area (Å²) in [5.74, 6) is 0. The standard InChI is InChI=1S/C12H25N3O/c1-11(9-14-5-7-16-8-6-14)15-4-2-3-12(13)10-15/h11-12H,2-10,13H2,1H3. The molecule has 2 N–H and O–H groups in total. The molecule has 2 rings (SSSR count). The van der Waals surface area contributed by atoms with Gasteiger partial charge in [0.05, 0.1) is 13.2 Å². The number of hydrogen-bond donors (Lipinski definition) is 1. The zero-order valence-electron chi connectivity index (χ0n) is 10.4. The van der Waals surface area contributed by atoms with Crippen molar-refractivity contribution in [2.75, 3.05) is 45.9 Å². The maximum absolute atomic E-state index is 6.02. The fourth-order valence-corrected chi connectivity index (χ4v) is 2.71. The van der Waals surface area contributed by atoms with Gasteiger partial charge in [0.2, 0.25) is 0 Å². The molecule has 2 heterocycles. The van der Waals surface area contributed by atoms with Crippen LogP contribution in [-0.4, -0.2) is 67.8 Å². The maximum Gasteiger partial charge on any atom is 0.0594 e. The molecule has 0 saturated carbocycles. The highest BCUT2D eigenvalue weighted by molar-refractivity contribution is 4.80. The summed E-state index contributed by atoms with van der Waals surface area (Å²) in [6.07, 6.45) is 2.45. The van der Waals surface area contributed by atoms with Crippen LogP contribution in [0.25, 0.3) is 0 Å². The summed E-state index contributed by atoms with van der Waals surface area (Å²) in [7, 11) is 0. The molecule has 94 valence electrons. The molecule has 0 amide bonds. The third-order valence-electron chi connectivity index (χ3n) is 3.74. The number of likely N-dealkylation sites (tertiary alicyclic amines) is 1. The van der Waals surface area contributed by atoms with Crippen LogP contribution in [0.2, 0.25) is 0 Å². The van der Waals surface area contributed by atoms with Crippen molar-refractivity contribution >= 4 is 0 Å². The smallest absolute Gasteiger partial charge is 0.0594 e. The topological polar surface area (TPSA) is 41.7 Å². The monoisotopic (exact) mass is 227 g/mol. The van der Waals surface area contributed by atoms with Crippen LogP contribution < -0.4 is 5.73 Å². The van der Waals surface area contributed by atoms with Gasteiger partial charge in [0, 0.05) is 38.3 Å². The minimum Gasteiger partial charge on any atom is -0.379 e. The minimum absolute atomic E-state index is 0.390. The Morgan fingerprint density at radius 3 is 2.75 bits per heavy atom. The van der Waals surface area contributed by atoms with E-state index in [1.807, 2.05) is 0 Å². The van der Waals surface area contributed by atoms with Gasteiger partial charge in [-0.05, 0) is 26.3 Å². The summed E-state index contributed by atoms with van der Waals surface area (Å²) in [5, 5.41) is 0. The maximum atomic E-state index is 6.02. The van der Waals surface area contributed by atoms with E-state index in [-0.39, 0.29) is 0 Å². The summed E-state index contributed by atoms with van der Waals surface area (Å²) in [4.78, 5) is 5.05. The van der Waals surface area contributed by atoms with Gasteiger partial charge >= 0.3 is 0 Å². The predicted molar refractivity (Wildman–Crippen MR) is 65.5 cm³/mol. The van der Waals surface area contributed by atoms with Gasteiger partial charge in [0.1, 0.15) is 0 Å². The van der Waals surface area contributed by atoms with Crippen molar-refractivity contribution in [2.45, 2.75) is 31.8 Å². The van der Waals surface area contributed by atoms with Crippen LogP contribution in [0.5, 0.6) is 0 Å². The molecule has 16 heavy (non-hydrogen) atoms. The zero-order valence-corrected chi connectivity index (χ0v) is 10.4. The highest BCUT2D eigenvalue weighted by Gasteiger charge is 2.23. The number of nitrogens with zero attached hydrogens (tertiary/aromatic N) is 2. The minimum atomic E-state index is 0.390. The van der Waals surface area contributed by atoms with E-state index in [1.54, 1.807) is 0 Å². The van der Waals surface area contributed by atoms with Gasteiger partial charge in [0.15, 0.2) is 0 Å². The average Bonchev–Trinajstić information content (AvgIpc) is 2.30. The molecule has 2 aliphatic heterocycles. The molecule has 2 unspecified atom stereocenters. The Labute approximate surface area is 98.7 Å². The van der Waals surface area contributed by atoms with Crippen molar-refractivity contribution in [2.24, 2.45) is 5.73 Å². The Morgan fingerprint density at radius 1 is 1.31 bits per heavy atom. The SMILES string of the molecule is CC(CN1CCOCC1)N1CCCC(N)C1. The van der Waals surface area contributed by atoms with Crippen LogP contribution in [0, 0.1) is 0 Å². The summed E-state index contributed by atoms with van der Waals surface area (Å²) >= 11 is 0. The number of morpholine rings is 1. The lowest BCUT2D eigenvalue weighted by atomic mass is 10.0. The lowest BCUT2D eigenvalue weighted by Gasteiger charge is -2.38. The summed E-state index contributed by atoms with van der Waals surface area (Å²) in [6, 6.07) is 1.02. The fourth-order valence-electron chi connectivity index (χ4n) is 2.71. The van der Waals surface area contributed by atoms with Gasteiger partial charge in [-0.2, -0.15) is 0 Å². The number of rotatable bonds is 3. The van der Waals surface area contributed by atoms with E-state index in [0.717, 1.165) is 39.4 Å². The van der Waals surface area contributed by atoms with Gasteiger partial charge in [0.25, 0.3) is 0 Å². The molecule has 0 spiro atoms. The lowest BCUT2D eigenvalue weighted by Crippen LogP contribution is -2.51. The number of hydrogen-bond acceptors (Lipinski definition) is 4. The molecule has 0 radical (unpaired) electrons. The molecule has 4 nitrogen and oxygen atoms in total. The highest BCUT2D eigenvalue weighted by atomic mass is 16.5. The highest BCUT2D eigenvalue weighted by Crippen LogP contribution is 2.12. The molecule has 2 fully saturated rings. The second-order valence-electron chi connectivity index (χ2n) is 5.16. The third-order valence-corrected chi connectivity index (χ3v) is 3.74. The Kier molecular flexibility index (Phi) is 4.58. The van der Waals surface area contributed by atoms with E-state index in [1.165, 1.54) is 19.4 Å². The van der Waals surface area contributed by atoms with E-state index in [2.05, 4.69) is 16.7 Å². The summed E-state index contributed by atoms with van der Waals surface area (Å²) in [5.41, 5.74) is 6.02. The molecule has 0 bridgehead atoms. The Bertz CT molecular complexity index is 206. The first kappa shape index (κ1) is 12.3. The first-order chi connectivity index (χ1) is 7.75. The van der Waals surface area contributed by atoms with E-state index >= 15 is 0 Å². The van der Waals surface area contributed by atoms with Crippen molar-refractivity contribution in [1.29, 1.82) is 0 Å². The van der Waals surface area contributed by atoms with Crippen LogP contribution >= 0.6 is 0 Å². The van der Waals surface area contributed by atoms with Crippen molar-refractivity contribution in [3.05, 3.63) is 0 Å². The molecular formula is C12H25N3O. The van der Waals surface area contributed by atoms with E-state index in [4.69, 9.17) is 10.5 Å². The number of nitrogens with two attached hydrogens (primary N) is 1. The van der Waals surface area contributed by atoms with Crippen molar-refractivity contribution in [3.8, 4) is 0 Å². The van der Waals surface area contributed by atoms with Gasteiger partial charge in [-0.3, -0.25) is 9.80 Å². The summed E-state index contributed by atoms with van der Waals surface area (Å²) in [6.45, 7) is 9.75. The molecule has 0 aromatic heterocycles. The molecule has 2 aliphatic rings. The van der Waals surface area contributed by atoms with E-state index < -0.39 is 0 Å². The number of piperidine rings is 1. The van der Waals surface area contributed by atoms with Crippen molar-refractivity contribution in [3.63, 3.8) is 0 Å². The van der Waals surface area contributed by atoms with Crippen LogP contribution in [0.3, 0.4) is 0 Å². The van der Waals surface area contributed by atoms with Crippen LogP contribution in [0.4, 0.5) is 0 Å². The second kappa shape index (κ2) is 5.96. The molecule has 2 atom stereocenters. The second-order valence-corrected chi connectivity index (χ2v) is 5.16. The zero-order chi connectivity index (χ0) is 11.4. The molecule has 4 heteroatoms. The number of ether oxygens (including phenoxy) is 1. The molecule has 0 aromatic rings. The van der Waals surface area contributed by atoms with Crippen LogP contribution in [-0.2, 0) is 4.74 Å². The molecule has 0 aromatic carbocycles. The first-order valence-electron chi connectivity index (χ1n) is 6.55. The van der Waals surface area contributed by atoms with Crippen molar-refractivity contribution < 1.29 is 4.74 Å². The van der Waals surface area contributed by atoms with Crippen molar-refractivity contribution in [1.82, 2.24) is 9.80 Å². The average molecular weight is 227 g/mol. The van der Waals surface area contributed by atoms with Crippen LogP contribution in [0.1, 0.15) is 19.8 Å². The molecule has 2 saturated heterocycles. The quantitative estimate of drug-likeness (QED) is 0.744. The normalized spacial score (nSPS) is 31.5. The fraction of sp³-hybridized carbons (Fsp3) is 1.00. The summed E-state index contributed by atoms with van der Waals surface area (Å²) < 4.78 is 5.37. The largest absolute Gasteiger partial charge is 0.379 e. The Morgan fingerprint density at radius 2 is 2.06 bits per heavy atom. The Balaban J connectivity index is 1.75. The van der Waals surface area contributed by atoms with Crippen LogP contribution in [0.15, 0.2) is 0 Å². The first-order valence-corrected chi connectivity index (χ1v) is 6.55. The van der Waals surface area contributed by atoms with Gasteiger partial charge in [-0.1, -0.05) is 0 Å². The van der Waals surface area contributed by atoms with Gasteiger partial charge in [-0.25, -0.2) is 0 Å². The van der Waals surface area contributed by atoms with Gasteiger partial charge in [-0.15, -0.1) is 0 Å². The predicted octanol–water partition coefficient (Wildman–Crippen LogP) is 0.130. The van der Waals surface area contributed by atoms with E-state index in [0.29, 0.717) is 12.1 Å². The third kappa shape index (κ3) is 3.42. The molecule has 0 aliphatic carbocycles.